The molecule has 3 heteroatoms. The predicted molar refractivity (Wildman–Crippen MR) is 58.3 cm³/mol. The Bertz CT molecular complexity index is 223. The summed E-state index contributed by atoms with van der Waals surface area (Å²) in [5.41, 5.74) is -0.0547. The summed E-state index contributed by atoms with van der Waals surface area (Å²) in [6.45, 7) is 8.57. The van der Waals surface area contributed by atoms with Crippen molar-refractivity contribution in [3.05, 3.63) is 0 Å². The largest absolute Gasteiger partial charge is 0.435 e. The average Bonchev–Trinajstić information content (AvgIpc) is 2.39. The minimum absolute atomic E-state index is 0.0547. The van der Waals surface area contributed by atoms with Gasteiger partial charge in [0.05, 0.1) is 6.61 Å². The van der Waals surface area contributed by atoms with Gasteiger partial charge in [-0.15, -0.1) is 0 Å². The third kappa shape index (κ3) is 2.94. The molecule has 0 amide bonds. The van der Waals surface area contributed by atoms with E-state index < -0.39 is 0 Å². The third-order valence-corrected chi connectivity index (χ3v) is 3.29. The zero-order valence-corrected chi connectivity index (χ0v) is 10.2. The quantitative estimate of drug-likeness (QED) is 0.675. The van der Waals surface area contributed by atoms with E-state index in [-0.39, 0.29) is 17.7 Å². The SMILES string of the molecule is CCCCC1COC(OC(C)=O)C1(C)C. The van der Waals surface area contributed by atoms with Gasteiger partial charge in [0.25, 0.3) is 0 Å². The van der Waals surface area contributed by atoms with E-state index in [9.17, 15) is 4.79 Å². The summed E-state index contributed by atoms with van der Waals surface area (Å²) in [4.78, 5) is 10.9. The first kappa shape index (κ1) is 12.5. The maximum Gasteiger partial charge on any atom is 0.304 e. The lowest BCUT2D eigenvalue weighted by molar-refractivity contribution is -0.181. The Hall–Kier alpha value is -0.570. The summed E-state index contributed by atoms with van der Waals surface area (Å²) in [6, 6.07) is 0. The van der Waals surface area contributed by atoms with Crippen molar-refractivity contribution in [2.75, 3.05) is 6.61 Å². The number of hydrogen-bond donors (Lipinski definition) is 0. The van der Waals surface area contributed by atoms with E-state index >= 15 is 0 Å². The van der Waals surface area contributed by atoms with Gasteiger partial charge in [0.15, 0.2) is 0 Å². The fourth-order valence-corrected chi connectivity index (χ4v) is 2.07. The summed E-state index contributed by atoms with van der Waals surface area (Å²) in [7, 11) is 0. The number of hydrogen-bond acceptors (Lipinski definition) is 3. The van der Waals surface area contributed by atoms with Gasteiger partial charge in [0.2, 0.25) is 6.29 Å². The molecule has 1 aliphatic heterocycles. The van der Waals surface area contributed by atoms with E-state index in [0.29, 0.717) is 12.5 Å². The Balaban J connectivity index is 2.54. The lowest BCUT2D eigenvalue weighted by Gasteiger charge is -2.29. The summed E-state index contributed by atoms with van der Waals surface area (Å²) >= 11 is 0. The molecule has 0 radical (unpaired) electrons. The molecule has 1 fully saturated rings. The number of unbranched alkanes of at least 4 members (excludes halogenated alkanes) is 1. The Kier molecular flexibility index (Phi) is 4.14. The van der Waals surface area contributed by atoms with Gasteiger partial charge in [0, 0.05) is 12.3 Å². The van der Waals surface area contributed by atoms with Crippen molar-refractivity contribution in [3.63, 3.8) is 0 Å². The lowest BCUT2D eigenvalue weighted by Crippen LogP contribution is -2.33. The highest BCUT2D eigenvalue weighted by molar-refractivity contribution is 5.66. The van der Waals surface area contributed by atoms with Crippen LogP contribution in [0.15, 0.2) is 0 Å². The van der Waals surface area contributed by atoms with Crippen LogP contribution in [0.5, 0.6) is 0 Å². The second kappa shape index (κ2) is 4.97. The van der Waals surface area contributed by atoms with E-state index in [2.05, 4.69) is 20.8 Å². The molecule has 0 aliphatic carbocycles. The van der Waals surface area contributed by atoms with Gasteiger partial charge in [-0.1, -0.05) is 33.6 Å². The molecular formula is C12H22O3. The van der Waals surface area contributed by atoms with Crippen LogP contribution in [0.1, 0.15) is 47.0 Å². The summed E-state index contributed by atoms with van der Waals surface area (Å²) in [6.07, 6.45) is 3.20. The number of rotatable bonds is 4. The monoisotopic (exact) mass is 214 g/mol. The lowest BCUT2D eigenvalue weighted by atomic mass is 9.78. The molecule has 15 heavy (non-hydrogen) atoms. The molecule has 0 aromatic rings. The van der Waals surface area contributed by atoms with Crippen molar-refractivity contribution < 1.29 is 14.3 Å². The van der Waals surface area contributed by atoms with E-state index in [1.165, 1.54) is 19.8 Å². The normalized spacial score (nSPS) is 29.1. The van der Waals surface area contributed by atoms with Crippen LogP contribution in [-0.4, -0.2) is 18.9 Å². The average molecular weight is 214 g/mol. The number of ether oxygens (including phenoxy) is 2. The zero-order valence-electron chi connectivity index (χ0n) is 10.2. The third-order valence-electron chi connectivity index (χ3n) is 3.29. The summed E-state index contributed by atoms with van der Waals surface area (Å²) in [5, 5.41) is 0. The maximum atomic E-state index is 10.9. The molecule has 88 valence electrons. The first-order valence-corrected chi connectivity index (χ1v) is 5.77. The van der Waals surface area contributed by atoms with Gasteiger partial charge in [-0.3, -0.25) is 4.79 Å². The molecule has 2 atom stereocenters. The minimum atomic E-state index is -0.364. The van der Waals surface area contributed by atoms with Crippen molar-refractivity contribution in [1.82, 2.24) is 0 Å². The molecule has 0 spiro atoms. The van der Waals surface area contributed by atoms with Crippen molar-refractivity contribution >= 4 is 5.97 Å². The van der Waals surface area contributed by atoms with Gasteiger partial charge < -0.3 is 9.47 Å². The number of esters is 1. The van der Waals surface area contributed by atoms with Crippen LogP contribution in [0.2, 0.25) is 0 Å². The van der Waals surface area contributed by atoms with E-state index in [1.807, 2.05) is 0 Å². The molecule has 1 saturated heterocycles. The van der Waals surface area contributed by atoms with Crippen LogP contribution in [-0.2, 0) is 14.3 Å². The molecule has 0 saturated carbocycles. The van der Waals surface area contributed by atoms with Crippen LogP contribution in [0.4, 0.5) is 0 Å². The van der Waals surface area contributed by atoms with Crippen LogP contribution < -0.4 is 0 Å². The van der Waals surface area contributed by atoms with Crippen LogP contribution in [0, 0.1) is 11.3 Å². The van der Waals surface area contributed by atoms with Gasteiger partial charge in [-0.2, -0.15) is 0 Å². The molecule has 1 heterocycles. The van der Waals surface area contributed by atoms with E-state index in [1.54, 1.807) is 0 Å². The van der Waals surface area contributed by atoms with Crippen LogP contribution >= 0.6 is 0 Å². The predicted octanol–water partition coefficient (Wildman–Crippen LogP) is 2.74. The van der Waals surface area contributed by atoms with Gasteiger partial charge in [0.1, 0.15) is 0 Å². The first-order chi connectivity index (χ1) is 6.98. The first-order valence-electron chi connectivity index (χ1n) is 5.77. The van der Waals surface area contributed by atoms with Crippen LogP contribution in [0.3, 0.4) is 0 Å². The number of carbonyl (C=O) groups is 1. The summed E-state index contributed by atoms with van der Waals surface area (Å²) in [5.74, 6) is 0.242. The van der Waals surface area contributed by atoms with Gasteiger partial charge in [-0.05, 0) is 12.3 Å². The Morgan fingerprint density at radius 2 is 2.20 bits per heavy atom. The highest BCUT2D eigenvalue weighted by Crippen LogP contribution is 2.42. The number of carbonyl (C=O) groups excluding carboxylic acids is 1. The fraction of sp³-hybridized carbons (Fsp3) is 0.917. The molecule has 0 aromatic heterocycles. The van der Waals surface area contributed by atoms with Crippen molar-refractivity contribution in [1.29, 1.82) is 0 Å². The maximum absolute atomic E-state index is 10.9. The van der Waals surface area contributed by atoms with Crippen molar-refractivity contribution in [2.45, 2.75) is 53.2 Å². The Morgan fingerprint density at radius 1 is 1.53 bits per heavy atom. The van der Waals surface area contributed by atoms with E-state index in [4.69, 9.17) is 9.47 Å². The topological polar surface area (TPSA) is 35.5 Å². The molecule has 0 N–H and O–H groups in total. The molecule has 1 aliphatic rings. The fourth-order valence-electron chi connectivity index (χ4n) is 2.07. The highest BCUT2D eigenvalue weighted by Gasteiger charge is 2.45. The zero-order chi connectivity index (χ0) is 11.5. The van der Waals surface area contributed by atoms with Gasteiger partial charge in [-0.25, -0.2) is 0 Å². The van der Waals surface area contributed by atoms with Gasteiger partial charge >= 0.3 is 5.97 Å². The van der Waals surface area contributed by atoms with Crippen molar-refractivity contribution in [2.24, 2.45) is 11.3 Å². The second-order valence-corrected chi connectivity index (χ2v) is 4.94. The van der Waals surface area contributed by atoms with Crippen LogP contribution in [0.25, 0.3) is 0 Å². The molecule has 0 bridgehead atoms. The highest BCUT2D eigenvalue weighted by atomic mass is 16.7. The molecular weight excluding hydrogens is 192 g/mol. The smallest absolute Gasteiger partial charge is 0.304 e. The Labute approximate surface area is 92.1 Å². The summed E-state index contributed by atoms with van der Waals surface area (Å²) < 4.78 is 10.7. The molecule has 2 unspecified atom stereocenters. The molecule has 3 nitrogen and oxygen atoms in total. The minimum Gasteiger partial charge on any atom is -0.435 e. The molecule has 0 aromatic carbocycles. The standard InChI is InChI=1S/C12H22O3/c1-5-6-7-10-8-14-11(12(10,3)4)15-9(2)13/h10-11H,5-8H2,1-4H3. The Morgan fingerprint density at radius 3 is 2.73 bits per heavy atom. The second-order valence-electron chi connectivity index (χ2n) is 4.94. The van der Waals surface area contributed by atoms with E-state index in [0.717, 1.165) is 6.42 Å². The molecule has 1 rings (SSSR count). The van der Waals surface area contributed by atoms with Crippen molar-refractivity contribution in [3.8, 4) is 0 Å².